The predicted molar refractivity (Wildman–Crippen MR) is 84.5 cm³/mol. The van der Waals surface area contributed by atoms with E-state index in [4.69, 9.17) is 0 Å². The Balaban J connectivity index is 0.000000321. The SMILES string of the molecule is [CH2]C1CCCCCCC1.[CH2]CCCCCCCC. The Hall–Kier alpha value is 0. The van der Waals surface area contributed by atoms with Gasteiger partial charge in [-0.1, -0.05) is 111 Å². The molecule has 1 aliphatic rings. The van der Waals surface area contributed by atoms with Gasteiger partial charge in [-0.3, -0.25) is 0 Å². The molecule has 1 fully saturated rings. The zero-order valence-electron chi connectivity index (χ0n) is 12.9. The van der Waals surface area contributed by atoms with Gasteiger partial charge in [-0.15, -0.1) is 0 Å². The van der Waals surface area contributed by atoms with Crippen LogP contribution in [0.25, 0.3) is 0 Å². The quantitative estimate of drug-likeness (QED) is 0.458. The van der Waals surface area contributed by atoms with Crippen LogP contribution in [0.4, 0.5) is 0 Å². The molecule has 0 atom stereocenters. The normalized spacial score (nSPS) is 17.5. The van der Waals surface area contributed by atoms with Gasteiger partial charge < -0.3 is 0 Å². The lowest BCUT2D eigenvalue weighted by molar-refractivity contribution is 0.432. The lowest BCUT2D eigenvalue weighted by atomic mass is 9.93. The smallest absolute Gasteiger partial charge is 0.0414 e. The molecule has 0 aliphatic heterocycles. The van der Waals surface area contributed by atoms with Crippen LogP contribution in [0.3, 0.4) is 0 Å². The molecule has 0 N–H and O–H groups in total. The van der Waals surface area contributed by atoms with Crippen molar-refractivity contribution < 1.29 is 0 Å². The van der Waals surface area contributed by atoms with Gasteiger partial charge in [0.25, 0.3) is 0 Å². The zero-order valence-corrected chi connectivity index (χ0v) is 12.9. The maximum atomic E-state index is 4.10. The summed E-state index contributed by atoms with van der Waals surface area (Å²) in [6, 6.07) is 0. The van der Waals surface area contributed by atoms with Crippen LogP contribution in [0.15, 0.2) is 0 Å². The van der Waals surface area contributed by atoms with E-state index in [2.05, 4.69) is 20.8 Å². The third-order valence-corrected chi connectivity index (χ3v) is 3.83. The van der Waals surface area contributed by atoms with Gasteiger partial charge in [0.1, 0.15) is 0 Å². The van der Waals surface area contributed by atoms with Gasteiger partial charge >= 0.3 is 0 Å². The van der Waals surface area contributed by atoms with Crippen molar-refractivity contribution in [3.8, 4) is 0 Å². The van der Waals surface area contributed by atoms with E-state index in [0.29, 0.717) is 0 Å². The fourth-order valence-electron chi connectivity index (χ4n) is 2.50. The minimum absolute atomic E-state index is 0.769. The predicted octanol–water partition coefficient (Wildman–Crippen LogP) is 6.75. The van der Waals surface area contributed by atoms with Crippen LogP contribution < -0.4 is 0 Å². The minimum Gasteiger partial charge on any atom is -0.0654 e. The molecule has 0 nitrogen and oxygen atoms in total. The molecule has 18 heavy (non-hydrogen) atoms. The summed E-state index contributed by atoms with van der Waals surface area (Å²) in [5.74, 6) is 0.769. The molecule has 0 amide bonds. The van der Waals surface area contributed by atoms with Gasteiger partial charge in [0.05, 0.1) is 0 Å². The fraction of sp³-hybridized carbons (Fsp3) is 0.889. The molecular weight excluding hydrogens is 216 g/mol. The molecule has 0 aromatic heterocycles. The highest BCUT2D eigenvalue weighted by molar-refractivity contribution is 4.64. The van der Waals surface area contributed by atoms with E-state index in [0.717, 1.165) is 12.3 Å². The molecular formula is C18H36. The second-order valence-electron chi connectivity index (χ2n) is 5.83. The molecule has 0 unspecified atom stereocenters. The average Bonchev–Trinajstić information content (AvgIpc) is 2.35. The number of hydrogen-bond acceptors (Lipinski definition) is 0. The Kier molecular flexibility index (Phi) is 15.1. The molecule has 1 aliphatic carbocycles. The summed E-state index contributed by atoms with van der Waals surface area (Å²) in [5.41, 5.74) is 0. The Morgan fingerprint density at radius 2 is 1.28 bits per heavy atom. The van der Waals surface area contributed by atoms with E-state index in [-0.39, 0.29) is 0 Å². The summed E-state index contributed by atoms with van der Waals surface area (Å²) in [6.07, 6.45) is 19.4. The van der Waals surface area contributed by atoms with E-state index in [1.54, 1.807) is 0 Å². The summed E-state index contributed by atoms with van der Waals surface area (Å²) in [7, 11) is 0. The van der Waals surface area contributed by atoms with Crippen LogP contribution in [0, 0.1) is 19.8 Å². The molecule has 0 aromatic carbocycles. The topological polar surface area (TPSA) is 0 Å². The Morgan fingerprint density at radius 1 is 0.778 bits per heavy atom. The maximum absolute atomic E-state index is 4.10. The van der Waals surface area contributed by atoms with Crippen LogP contribution >= 0.6 is 0 Å². The van der Waals surface area contributed by atoms with Crippen molar-refractivity contribution in [2.45, 2.75) is 96.8 Å². The minimum atomic E-state index is 0.769. The fourth-order valence-corrected chi connectivity index (χ4v) is 2.50. The Morgan fingerprint density at radius 3 is 1.83 bits per heavy atom. The molecule has 0 bridgehead atoms. The van der Waals surface area contributed by atoms with Crippen molar-refractivity contribution in [3.63, 3.8) is 0 Å². The van der Waals surface area contributed by atoms with Crippen LogP contribution in [0.5, 0.6) is 0 Å². The van der Waals surface area contributed by atoms with Gasteiger partial charge in [-0.25, -0.2) is 0 Å². The highest BCUT2D eigenvalue weighted by Gasteiger charge is 2.04. The molecule has 0 aromatic rings. The lowest BCUT2D eigenvalue weighted by Gasteiger charge is -2.13. The number of rotatable bonds is 6. The highest BCUT2D eigenvalue weighted by atomic mass is 14.1. The maximum Gasteiger partial charge on any atom is -0.0414 e. The monoisotopic (exact) mass is 252 g/mol. The molecule has 0 saturated heterocycles. The summed E-state index contributed by atoms with van der Waals surface area (Å²) in [4.78, 5) is 0. The van der Waals surface area contributed by atoms with E-state index in [1.807, 2.05) is 0 Å². The van der Waals surface area contributed by atoms with Crippen molar-refractivity contribution in [3.05, 3.63) is 13.8 Å². The molecule has 1 saturated carbocycles. The van der Waals surface area contributed by atoms with E-state index in [1.165, 1.54) is 83.5 Å². The summed E-state index contributed by atoms with van der Waals surface area (Å²) >= 11 is 0. The van der Waals surface area contributed by atoms with Gasteiger partial charge in [0.15, 0.2) is 0 Å². The summed E-state index contributed by atoms with van der Waals surface area (Å²) in [6.45, 7) is 10.2. The van der Waals surface area contributed by atoms with Crippen LogP contribution in [-0.2, 0) is 0 Å². The largest absolute Gasteiger partial charge is 0.0654 e. The molecule has 108 valence electrons. The summed E-state index contributed by atoms with van der Waals surface area (Å²) < 4.78 is 0. The highest BCUT2D eigenvalue weighted by Crippen LogP contribution is 2.20. The van der Waals surface area contributed by atoms with E-state index >= 15 is 0 Å². The molecule has 0 heterocycles. The first kappa shape index (κ1) is 18.0. The van der Waals surface area contributed by atoms with Crippen molar-refractivity contribution in [1.29, 1.82) is 0 Å². The first-order chi connectivity index (χ1) is 8.81. The van der Waals surface area contributed by atoms with Crippen molar-refractivity contribution in [2.24, 2.45) is 5.92 Å². The van der Waals surface area contributed by atoms with Gasteiger partial charge in [-0.05, 0) is 5.92 Å². The Bertz CT molecular complexity index is 125. The van der Waals surface area contributed by atoms with Crippen LogP contribution in [0.1, 0.15) is 96.8 Å². The number of hydrogen-bond donors (Lipinski definition) is 0. The summed E-state index contributed by atoms with van der Waals surface area (Å²) in [5, 5.41) is 0. The van der Waals surface area contributed by atoms with Gasteiger partial charge in [0, 0.05) is 0 Å². The molecule has 0 spiro atoms. The van der Waals surface area contributed by atoms with Crippen molar-refractivity contribution in [2.75, 3.05) is 0 Å². The lowest BCUT2D eigenvalue weighted by Crippen LogP contribution is -1.98. The molecule has 0 heteroatoms. The van der Waals surface area contributed by atoms with Gasteiger partial charge in [-0.2, -0.15) is 0 Å². The second kappa shape index (κ2) is 15.1. The van der Waals surface area contributed by atoms with Crippen molar-refractivity contribution in [1.82, 2.24) is 0 Å². The van der Waals surface area contributed by atoms with E-state index < -0.39 is 0 Å². The van der Waals surface area contributed by atoms with E-state index in [9.17, 15) is 0 Å². The molecule has 2 radical (unpaired) electrons. The molecule has 1 rings (SSSR count). The second-order valence-corrected chi connectivity index (χ2v) is 5.83. The first-order valence-corrected chi connectivity index (χ1v) is 8.43. The standard InChI is InChI=1S/C9H17.C9H19/c1-9-7-5-3-2-4-6-8-9;1-3-5-7-9-8-6-4-2/h9H,1-8H2;1,3-9H2,2H3. The third-order valence-electron chi connectivity index (χ3n) is 3.83. The van der Waals surface area contributed by atoms with Crippen LogP contribution in [0.2, 0.25) is 0 Å². The third kappa shape index (κ3) is 14.1. The first-order valence-electron chi connectivity index (χ1n) is 8.43. The van der Waals surface area contributed by atoms with Gasteiger partial charge in [0.2, 0.25) is 0 Å². The van der Waals surface area contributed by atoms with Crippen molar-refractivity contribution >= 4 is 0 Å². The Labute approximate surface area is 117 Å². The average molecular weight is 252 g/mol. The zero-order chi connectivity index (χ0) is 13.5. The number of unbranched alkanes of at least 4 members (excludes halogenated alkanes) is 6. The van der Waals surface area contributed by atoms with Crippen LogP contribution in [-0.4, -0.2) is 0 Å².